The number of ketones is 1. The summed E-state index contributed by atoms with van der Waals surface area (Å²) in [5.41, 5.74) is 8.63. The first-order chi connectivity index (χ1) is 17.4. The minimum Gasteiger partial charge on any atom is -0.388 e. The van der Waals surface area contributed by atoms with E-state index in [-0.39, 0.29) is 24.7 Å². The lowest BCUT2D eigenvalue weighted by Crippen LogP contribution is -2.46. The van der Waals surface area contributed by atoms with E-state index in [0.29, 0.717) is 23.2 Å². The number of Topliss-reactive ketones (excluding diaryl/α,β-unsaturated/α-hetero) is 1. The molecule has 0 unspecified atom stereocenters. The highest BCUT2D eigenvalue weighted by Gasteiger charge is 2.18. The summed E-state index contributed by atoms with van der Waals surface area (Å²) in [4.78, 5) is 36.0. The van der Waals surface area contributed by atoms with Gasteiger partial charge in [-0.15, -0.1) is 0 Å². The number of anilines is 1. The van der Waals surface area contributed by atoms with Gasteiger partial charge < -0.3 is 21.5 Å². The van der Waals surface area contributed by atoms with Crippen LogP contribution in [-0.2, 0) is 16.0 Å². The van der Waals surface area contributed by atoms with E-state index < -0.39 is 24.3 Å². The lowest BCUT2D eigenvalue weighted by molar-refractivity contribution is -0.123. The van der Waals surface area contributed by atoms with Gasteiger partial charge in [0.1, 0.15) is 18.5 Å². The Morgan fingerprint density at radius 3 is 2.17 bits per heavy atom. The molecule has 0 fully saturated rings. The number of benzene rings is 3. The number of amides is 2. The number of carbonyl (C=O) groups is 3. The Balaban J connectivity index is 1.53. The summed E-state index contributed by atoms with van der Waals surface area (Å²) >= 11 is 0. The fraction of sp³-hybridized carbons (Fsp3) is 0.179. The van der Waals surface area contributed by atoms with Crippen molar-refractivity contribution in [1.82, 2.24) is 5.32 Å². The number of hydrogen-bond donors (Lipinski definition) is 4. The maximum Gasteiger partial charge on any atom is 0.251 e. The van der Waals surface area contributed by atoms with Crippen LogP contribution in [0.3, 0.4) is 0 Å². The van der Waals surface area contributed by atoms with E-state index in [1.807, 2.05) is 0 Å². The van der Waals surface area contributed by atoms with Gasteiger partial charge in [0.05, 0.1) is 0 Å². The molecule has 5 N–H and O–H groups in total. The van der Waals surface area contributed by atoms with Crippen LogP contribution in [0.25, 0.3) is 0 Å². The molecule has 0 heterocycles. The Morgan fingerprint density at radius 2 is 1.58 bits per heavy atom. The second-order valence-corrected chi connectivity index (χ2v) is 7.97. The van der Waals surface area contributed by atoms with Crippen LogP contribution < -0.4 is 16.4 Å². The summed E-state index contributed by atoms with van der Waals surface area (Å²) in [6.07, 6.45) is 0.686. The monoisotopic (exact) mass is 487 g/mol. The van der Waals surface area contributed by atoms with Crippen molar-refractivity contribution >= 4 is 23.3 Å². The molecule has 8 heteroatoms. The fourth-order valence-corrected chi connectivity index (χ4v) is 3.28. The molecule has 0 spiro atoms. The minimum absolute atomic E-state index is 0.105. The molecule has 36 heavy (non-hydrogen) atoms. The number of nitrogens with one attached hydrogen (secondary N) is 2. The van der Waals surface area contributed by atoms with Gasteiger partial charge in [-0.25, -0.2) is 4.39 Å². The number of carbonyl (C=O) groups excluding carboxylic acids is 3. The van der Waals surface area contributed by atoms with Crippen molar-refractivity contribution in [3.05, 3.63) is 101 Å². The zero-order valence-electron chi connectivity index (χ0n) is 19.5. The van der Waals surface area contributed by atoms with E-state index in [9.17, 15) is 18.8 Å². The van der Waals surface area contributed by atoms with Gasteiger partial charge in [-0.05, 0) is 72.6 Å². The summed E-state index contributed by atoms with van der Waals surface area (Å²) in [6, 6.07) is 18.8. The van der Waals surface area contributed by atoms with E-state index in [1.54, 1.807) is 60.7 Å². The number of nitrogens with two attached hydrogens (primary N) is 1. The molecule has 3 rings (SSSR count). The number of halogens is 1. The highest BCUT2D eigenvalue weighted by molar-refractivity contribution is 5.98. The van der Waals surface area contributed by atoms with Crippen LogP contribution in [0.5, 0.6) is 0 Å². The molecule has 0 aliphatic heterocycles. The zero-order chi connectivity index (χ0) is 25.9. The zero-order valence-corrected chi connectivity index (χ0v) is 19.5. The van der Waals surface area contributed by atoms with Gasteiger partial charge in [0.2, 0.25) is 5.91 Å². The van der Waals surface area contributed by atoms with Crippen molar-refractivity contribution in [3.63, 3.8) is 0 Å². The molecule has 2 amide bonds. The maximum absolute atomic E-state index is 13.2. The second-order valence-electron chi connectivity index (χ2n) is 7.97. The number of aliphatic hydroxyl groups excluding tert-OH is 1. The Hall–Kier alpha value is -4.32. The number of aliphatic hydroxyl groups is 1. The highest BCUT2D eigenvalue weighted by atomic mass is 19.1. The summed E-state index contributed by atoms with van der Waals surface area (Å²) in [5, 5.41) is 14.2. The average Bonchev–Trinajstić information content (AvgIpc) is 2.90. The molecule has 0 radical (unpaired) electrons. The predicted octanol–water partition coefficient (Wildman–Crippen LogP) is 2.42. The normalized spacial score (nSPS) is 11.1. The van der Waals surface area contributed by atoms with Crippen LogP contribution >= 0.6 is 0 Å². The Bertz CT molecular complexity index is 1280. The van der Waals surface area contributed by atoms with Crippen LogP contribution in [0.15, 0.2) is 72.8 Å². The summed E-state index contributed by atoms with van der Waals surface area (Å²) in [7, 11) is 0. The minimum atomic E-state index is -0.942. The topological polar surface area (TPSA) is 122 Å². The number of rotatable bonds is 9. The molecule has 0 bridgehead atoms. The van der Waals surface area contributed by atoms with Gasteiger partial charge >= 0.3 is 0 Å². The van der Waals surface area contributed by atoms with Crippen molar-refractivity contribution < 1.29 is 23.9 Å². The first kappa shape index (κ1) is 26.3. The number of hydrogen-bond acceptors (Lipinski definition) is 5. The van der Waals surface area contributed by atoms with E-state index in [4.69, 9.17) is 10.8 Å². The molecule has 3 aromatic rings. The molecule has 0 aliphatic rings. The largest absolute Gasteiger partial charge is 0.388 e. The van der Waals surface area contributed by atoms with Crippen LogP contribution in [0.2, 0.25) is 0 Å². The van der Waals surface area contributed by atoms with Gasteiger partial charge in [0.15, 0.2) is 5.78 Å². The average molecular weight is 488 g/mol. The smallest absolute Gasteiger partial charge is 0.251 e. The molecule has 0 aromatic heterocycles. The Labute approximate surface area is 208 Å². The van der Waals surface area contributed by atoms with E-state index in [0.717, 1.165) is 11.1 Å². The Kier molecular flexibility index (Phi) is 9.46. The molecule has 1 atom stereocenters. The molecule has 184 valence electrons. The molecule has 7 nitrogen and oxygen atoms in total. The second kappa shape index (κ2) is 13.0. The van der Waals surface area contributed by atoms with Crippen LogP contribution in [0, 0.1) is 17.7 Å². The third kappa shape index (κ3) is 7.87. The number of aryl methyl sites for hydroxylation is 1. The van der Waals surface area contributed by atoms with Crippen molar-refractivity contribution in [2.75, 3.05) is 18.5 Å². The quantitative estimate of drug-likeness (QED) is 0.346. The van der Waals surface area contributed by atoms with E-state index >= 15 is 0 Å². The Morgan fingerprint density at radius 1 is 0.944 bits per heavy atom. The molecule has 3 aromatic carbocycles. The van der Waals surface area contributed by atoms with Crippen LogP contribution in [-0.4, -0.2) is 41.9 Å². The van der Waals surface area contributed by atoms with Crippen molar-refractivity contribution in [3.8, 4) is 11.8 Å². The summed E-state index contributed by atoms with van der Waals surface area (Å²) in [6.45, 7) is -0.799. The lowest BCUT2D eigenvalue weighted by atomic mass is 10.1. The van der Waals surface area contributed by atoms with Gasteiger partial charge in [-0.1, -0.05) is 24.0 Å². The summed E-state index contributed by atoms with van der Waals surface area (Å²) in [5.74, 6) is 4.51. The van der Waals surface area contributed by atoms with Crippen molar-refractivity contribution in [2.24, 2.45) is 5.73 Å². The first-order valence-electron chi connectivity index (χ1n) is 11.3. The molecular formula is C28H26FN3O4. The van der Waals surface area contributed by atoms with Gasteiger partial charge in [-0.2, -0.15) is 0 Å². The summed E-state index contributed by atoms with van der Waals surface area (Å²) < 4.78 is 13.2. The standard InChI is InChI=1S/C28H26FN3O4/c29-23-3-1-2-21(16-23)10-15-27(35)31-24-13-8-20(9-14-24)5-4-19-6-11-22(12-7-19)28(36)32-25(17-30)26(34)18-33/h1-3,6-9,11-14,16,25,33H,10,15,17-18,30H2,(H,31,35)(H,32,36)/t25-/m0/s1. The van der Waals surface area contributed by atoms with Crippen LogP contribution in [0.1, 0.15) is 33.5 Å². The third-order valence-electron chi connectivity index (χ3n) is 5.28. The predicted molar refractivity (Wildman–Crippen MR) is 135 cm³/mol. The molecular weight excluding hydrogens is 461 g/mol. The van der Waals surface area contributed by atoms with Gasteiger partial charge in [0, 0.05) is 35.3 Å². The van der Waals surface area contributed by atoms with Crippen LogP contribution in [0.4, 0.5) is 10.1 Å². The van der Waals surface area contributed by atoms with Gasteiger partial charge in [0.25, 0.3) is 5.91 Å². The fourth-order valence-electron chi connectivity index (χ4n) is 3.28. The van der Waals surface area contributed by atoms with E-state index in [1.165, 1.54) is 12.1 Å². The molecule has 0 saturated carbocycles. The SMILES string of the molecule is NC[C@H](NC(=O)c1ccc(C#Cc2ccc(NC(=O)CCc3cccc(F)c3)cc2)cc1)C(=O)CO. The highest BCUT2D eigenvalue weighted by Crippen LogP contribution is 2.12. The van der Waals surface area contributed by atoms with E-state index in [2.05, 4.69) is 22.5 Å². The first-order valence-corrected chi connectivity index (χ1v) is 11.3. The lowest BCUT2D eigenvalue weighted by Gasteiger charge is -2.14. The van der Waals surface area contributed by atoms with Gasteiger partial charge in [-0.3, -0.25) is 14.4 Å². The molecule has 0 saturated heterocycles. The van der Waals surface area contributed by atoms with Crippen molar-refractivity contribution in [1.29, 1.82) is 0 Å². The maximum atomic E-state index is 13.2. The third-order valence-corrected chi connectivity index (χ3v) is 5.28. The van der Waals surface area contributed by atoms with Crippen molar-refractivity contribution in [2.45, 2.75) is 18.9 Å². The molecule has 0 aliphatic carbocycles.